The number of nitrogens with zero attached hydrogens (tertiary/aromatic N) is 3. The number of amides is 1. The highest BCUT2D eigenvalue weighted by Crippen LogP contribution is 2.41. The largest absolute Gasteiger partial charge is 0.496 e. The molecular formula is C22H22FN3O2. The van der Waals surface area contributed by atoms with Crippen LogP contribution in [0.4, 0.5) is 4.39 Å². The van der Waals surface area contributed by atoms with Crippen LogP contribution in [0.2, 0.25) is 0 Å². The first-order chi connectivity index (χ1) is 13.6. The van der Waals surface area contributed by atoms with Gasteiger partial charge in [-0.25, -0.2) is 9.37 Å². The molecule has 1 unspecified atom stereocenters. The second kappa shape index (κ2) is 7.46. The summed E-state index contributed by atoms with van der Waals surface area (Å²) in [5.74, 6) is 0.166. The van der Waals surface area contributed by atoms with Gasteiger partial charge in [-0.3, -0.25) is 4.79 Å². The van der Waals surface area contributed by atoms with Gasteiger partial charge in [-0.05, 0) is 19.1 Å². The summed E-state index contributed by atoms with van der Waals surface area (Å²) in [6, 6.07) is 14.4. The van der Waals surface area contributed by atoms with Crippen LogP contribution in [0.25, 0.3) is 22.5 Å². The number of halogens is 1. The molecule has 1 amide bonds. The molecule has 0 N–H and O–H groups in total. The number of ether oxygens (including phenoxy) is 1. The second-order valence-corrected chi connectivity index (χ2v) is 6.82. The summed E-state index contributed by atoms with van der Waals surface area (Å²) in [5.41, 5.74) is 2.56. The van der Waals surface area contributed by atoms with Gasteiger partial charge >= 0.3 is 0 Å². The lowest BCUT2D eigenvalue weighted by atomic mass is 10.0. The molecule has 1 aliphatic rings. The minimum atomic E-state index is -0.380. The molecule has 4 rings (SSSR count). The first-order valence-electron chi connectivity index (χ1n) is 9.37. The molecule has 0 bridgehead atoms. The molecule has 0 aliphatic carbocycles. The Labute approximate surface area is 163 Å². The van der Waals surface area contributed by atoms with Crippen molar-refractivity contribution < 1.29 is 13.9 Å². The molecular weight excluding hydrogens is 357 g/mol. The van der Waals surface area contributed by atoms with E-state index in [2.05, 4.69) is 4.98 Å². The normalized spacial score (nSPS) is 16.6. The maximum Gasteiger partial charge on any atom is 0.224 e. The van der Waals surface area contributed by atoms with Crippen LogP contribution in [0.5, 0.6) is 5.75 Å². The minimum Gasteiger partial charge on any atom is -0.496 e. The van der Waals surface area contributed by atoms with E-state index in [0.29, 0.717) is 42.2 Å². The van der Waals surface area contributed by atoms with Crippen LogP contribution in [0, 0.1) is 5.82 Å². The van der Waals surface area contributed by atoms with E-state index in [1.54, 1.807) is 18.5 Å². The van der Waals surface area contributed by atoms with Crippen molar-refractivity contribution in [3.63, 3.8) is 0 Å². The van der Waals surface area contributed by atoms with E-state index < -0.39 is 0 Å². The number of likely N-dealkylation sites (tertiary alicyclic amines) is 1. The Morgan fingerprint density at radius 3 is 2.64 bits per heavy atom. The van der Waals surface area contributed by atoms with Crippen molar-refractivity contribution in [3.8, 4) is 28.3 Å². The van der Waals surface area contributed by atoms with Gasteiger partial charge < -0.3 is 14.2 Å². The lowest BCUT2D eigenvalue weighted by Crippen LogP contribution is -2.24. The van der Waals surface area contributed by atoms with Crippen molar-refractivity contribution >= 4 is 5.91 Å². The zero-order valence-electron chi connectivity index (χ0n) is 15.9. The number of hydrogen-bond acceptors (Lipinski definition) is 3. The van der Waals surface area contributed by atoms with Crippen molar-refractivity contribution in [2.45, 2.75) is 19.4 Å². The Kier molecular flexibility index (Phi) is 4.86. The van der Waals surface area contributed by atoms with E-state index in [1.807, 2.05) is 46.7 Å². The van der Waals surface area contributed by atoms with Gasteiger partial charge in [0.1, 0.15) is 11.6 Å². The number of carbonyl (C=O) groups excluding carboxylic acids is 1. The van der Waals surface area contributed by atoms with Crippen molar-refractivity contribution in [2.24, 2.45) is 0 Å². The third-order valence-electron chi connectivity index (χ3n) is 5.24. The predicted molar refractivity (Wildman–Crippen MR) is 106 cm³/mol. The standard InChI is InChI=1S/C22H22FN3O2/c1-3-25-13-16(12-19(25)27)26-14-24-21(15-8-5-4-6-9-15)22(26)20-17(23)10-7-11-18(20)28-2/h4-11,14,16H,3,12-13H2,1-2H3. The average molecular weight is 379 g/mol. The van der Waals surface area contributed by atoms with Crippen molar-refractivity contribution in [1.82, 2.24) is 14.5 Å². The Hall–Kier alpha value is -3.15. The predicted octanol–water partition coefficient (Wildman–Crippen LogP) is 4.16. The number of rotatable bonds is 5. The quantitative estimate of drug-likeness (QED) is 0.669. The van der Waals surface area contributed by atoms with Gasteiger partial charge in [-0.2, -0.15) is 0 Å². The number of benzene rings is 2. The zero-order valence-corrected chi connectivity index (χ0v) is 15.9. The van der Waals surface area contributed by atoms with Crippen molar-refractivity contribution in [3.05, 3.63) is 60.7 Å². The number of imidazole rings is 1. The Morgan fingerprint density at radius 2 is 1.96 bits per heavy atom. The van der Waals surface area contributed by atoms with Gasteiger partial charge in [0.05, 0.1) is 36.4 Å². The summed E-state index contributed by atoms with van der Waals surface area (Å²) in [6.07, 6.45) is 2.09. The van der Waals surface area contributed by atoms with Gasteiger partial charge in [-0.15, -0.1) is 0 Å². The molecule has 5 nitrogen and oxygen atoms in total. The van der Waals surface area contributed by atoms with Crippen LogP contribution in [0.1, 0.15) is 19.4 Å². The summed E-state index contributed by atoms with van der Waals surface area (Å²) in [6.45, 7) is 3.21. The fraction of sp³-hybridized carbons (Fsp3) is 0.273. The summed E-state index contributed by atoms with van der Waals surface area (Å²) in [5, 5.41) is 0. The van der Waals surface area contributed by atoms with Crippen LogP contribution in [-0.4, -0.2) is 40.6 Å². The summed E-state index contributed by atoms with van der Waals surface area (Å²) in [4.78, 5) is 18.7. The van der Waals surface area contributed by atoms with Crippen LogP contribution in [0.15, 0.2) is 54.9 Å². The molecule has 6 heteroatoms. The lowest BCUT2D eigenvalue weighted by molar-refractivity contribution is -0.127. The molecule has 3 aromatic rings. The second-order valence-electron chi connectivity index (χ2n) is 6.82. The highest BCUT2D eigenvalue weighted by atomic mass is 19.1. The Bertz CT molecular complexity index is 1000. The molecule has 0 saturated carbocycles. The Morgan fingerprint density at radius 1 is 1.18 bits per heavy atom. The van der Waals surface area contributed by atoms with E-state index in [0.717, 1.165) is 5.56 Å². The highest BCUT2D eigenvalue weighted by molar-refractivity contribution is 5.83. The maximum absolute atomic E-state index is 15.0. The monoisotopic (exact) mass is 379 g/mol. The van der Waals surface area contributed by atoms with Gasteiger partial charge in [0.15, 0.2) is 0 Å². The molecule has 2 heterocycles. The number of aromatic nitrogens is 2. The van der Waals surface area contributed by atoms with Gasteiger partial charge in [0, 0.05) is 25.1 Å². The van der Waals surface area contributed by atoms with E-state index in [4.69, 9.17) is 4.74 Å². The van der Waals surface area contributed by atoms with Gasteiger partial charge in [0.25, 0.3) is 0 Å². The van der Waals surface area contributed by atoms with Crippen LogP contribution in [0.3, 0.4) is 0 Å². The topological polar surface area (TPSA) is 47.4 Å². The molecule has 1 atom stereocenters. The van der Waals surface area contributed by atoms with E-state index >= 15 is 0 Å². The number of likely N-dealkylation sites (N-methyl/N-ethyl adjacent to an activating group) is 1. The van der Waals surface area contributed by atoms with Crippen LogP contribution in [-0.2, 0) is 4.79 Å². The summed E-state index contributed by atoms with van der Waals surface area (Å²) in [7, 11) is 1.53. The smallest absolute Gasteiger partial charge is 0.224 e. The van der Waals surface area contributed by atoms with E-state index in [-0.39, 0.29) is 17.8 Å². The fourth-order valence-corrected chi connectivity index (χ4v) is 3.84. The number of methoxy groups -OCH3 is 1. The summed E-state index contributed by atoms with van der Waals surface area (Å²) >= 11 is 0. The molecule has 1 aliphatic heterocycles. The molecule has 1 fully saturated rings. The fourth-order valence-electron chi connectivity index (χ4n) is 3.84. The zero-order chi connectivity index (χ0) is 19.7. The van der Waals surface area contributed by atoms with E-state index in [9.17, 15) is 9.18 Å². The average Bonchev–Trinajstić information content (AvgIpc) is 3.31. The molecule has 1 saturated heterocycles. The van der Waals surface area contributed by atoms with Gasteiger partial charge in [0.2, 0.25) is 5.91 Å². The first-order valence-corrected chi connectivity index (χ1v) is 9.37. The molecule has 0 radical (unpaired) electrons. The molecule has 1 aromatic heterocycles. The minimum absolute atomic E-state index is 0.100. The number of hydrogen-bond donors (Lipinski definition) is 0. The van der Waals surface area contributed by atoms with Crippen LogP contribution < -0.4 is 4.74 Å². The molecule has 0 spiro atoms. The lowest BCUT2D eigenvalue weighted by Gasteiger charge is -2.19. The van der Waals surface area contributed by atoms with Crippen molar-refractivity contribution in [2.75, 3.05) is 20.2 Å². The highest BCUT2D eigenvalue weighted by Gasteiger charge is 2.33. The van der Waals surface area contributed by atoms with Crippen LogP contribution >= 0.6 is 0 Å². The summed E-state index contributed by atoms with van der Waals surface area (Å²) < 4.78 is 22.4. The third-order valence-corrected chi connectivity index (χ3v) is 5.24. The SMILES string of the molecule is CCN1CC(n2cnc(-c3ccccc3)c2-c2c(F)cccc2OC)CC1=O. The number of carbonyl (C=O) groups is 1. The maximum atomic E-state index is 15.0. The molecule has 2 aromatic carbocycles. The van der Waals surface area contributed by atoms with E-state index in [1.165, 1.54) is 13.2 Å². The van der Waals surface area contributed by atoms with Gasteiger partial charge in [-0.1, -0.05) is 36.4 Å². The Balaban J connectivity index is 1.93. The first kappa shape index (κ1) is 18.2. The third kappa shape index (κ3) is 3.05. The molecule has 144 valence electrons. The van der Waals surface area contributed by atoms with Crippen molar-refractivity contribution in [1.29, 1.82) is 0 Å². The molecule has 28 heavy (non-hydrogen) atoms.